The van der Waals surface area contributed by atoms with Crippen LogP contribution in [0.4, 0.5) is 0 Å². The van der Waals surface area contributed by atoms with Crippen molar-refractivity contribution in [2.75, 3.05) is 12.3 Å². The fraction of sp³-hybridized carbons (Fsp3) is 0.250. The van der Waals surface area contributed by atoms with Crippen molar-refractivity contribution in [3.63, 3.8) is 0 Å². The maximum atomic E-state index is 11.5. The van der Waals surface area contributed by atoms with E-state index >= 15 is 0 Å². The van der Waals surface area contributed by atoms with Gasteiger partial charge in [-0.15, -0.1) is 11.3 Å². The predicted octanol–water partition coefficient (Wildman–Crippen LogP) is 3.00. The molecular weight excluding hydrogens is 254 g/mol. The molecule has 0 aliphatic rings. The fourth-order valence-corrected chi connectivity index (χ4v) is 3.00. The summed E-state index contributed by atoms with van der Waals surface area (Å²) in [5.41, 5.74) is 0. The van der Waals surface area contributed by atoms with Crippen molar-refractivity contribution in [1.29, 1.82) is 0 Å². The molecule has 17 heavy (non-hydrogen) atoms. The largest absolute Gasteiger partial charge is 0.459 e. The maximum absolute atomic E-state index is 11.5. The van der Waals surface area contributed by atoms with Crippen LogP contribution in [0.1, 0.15) is 15.4 Å². The lowest BCUT2D eigenvalue weighted by Crippen LogP contribution is -2.25. The van der Waals surface area contributed by atoms with Crippen LogP contribution in [0.15, 0.2) is 40.3 Å². The Bertz CT molecular complexity index is 437. The van der Waals surface area contributed by atoms with Gasteiger partial charge in [-0.1, -0.05) is 6.07 Å². The summed E-state index contributed by atoms with van der Waals surface area (Å²) in [6.45, 7) is 0.662. The number of thioether (sulfide) groups is 1. The van der Waals surface area contributed by atoms with Crippen LogP contribution in [-0.4, -0.2) is 18.2 Å². The highest BCUT2D eigenvalue weighted by molar-refractivity contribution is 7.98. The zero-order valence-electron chi connectivity index (χ0n) is 9.22. The molecule has 0 fully saturated rings. The van der Waals surface area contributed by atoms with Crippen molar-refractivity contribution < 1.29 is 9.21 Å². The third-order valence-corrected chi connectivity index (χ3v) is 4.17. The molecule has 1 N–H and O–H groups in total. The Labute approximate surface area is 108 Å². The number of rotatable bonds is 6. The SMILES string of the molecule is O=C(NCCSCc1cccs1)c1ccco1. The average Bonchev–Trinajstić information content (AvgIpc) is 3.01. The maximum Gasteiger partial charge on any atom is 0.287 e. The van der Waals surface area contributed by atoms with E-state index in [0.717, 1.165) is 11.5 Å². The Morgan fingerprint density at radius 3 is 3.06 bits per heavy atom. The summed E-state index contributed by atoms with van der Waals surface area (Å²) in [5.74, 6) is 2.14. The molecule has 0 aromatic carbocycles. The van der Waals surface area contributed by atoms with E-state index < -0.39 is 0 Å². The van der Waals surface area contributed by atoms with Gasteiger partial charge in [0.25, 0.3) is 5.91 Å². The van der Waals surface area contributed by atoms with Gasteiger partial charge in [-0.2, -0.15) is 11.8 Å². The van der Waals surface area contributed by atoms with E-state index in [-0.39, 0.29) is 5.91 Å². The molecule has 0 spiro atoms. The molecule has 0 saturated heterocycles. The van der Waals surface area contributed by atoms with Crippen LogP contribution in [0.5, 0.6) is 0 Å². The summed E-state index contributed by atoms with van der Waals surface area (Å²) in [7, 11) is 0. The van der Waals surface area contributed by atoms with Crippen LogP contribution in [0, 0.1) is 0 Å². The molecule has 90 valence electrons. The molecule has 0 saturated carbocycles. The van der Waals surface area contributed by atoms with Crippen molar-refractivity contribution in [2.45, 2.75) is 5.75 Å². The first-order valence-corrected chi connectivity index (χ1v) is 7.31. The third-order valence-electron chi connectivity index (χ3n) is 2.10. The molecule has 2 aromatic heterocycles. The molecule has 0 atom stereocenters. The summed E-state index contributed by atoms with van der Waals surface area (Å²) < 4.78 is 4.99. The highest BCUT2D eigenvalue weighted by atomic mass is 32.2. The number of amides is 1. The second-order valence-corrected chi connectivity index (χ2v) is 5.50. The van der Waals surface area contributed by atoms with Gasteiger partial charge in [-0.05, 0) is 23.6 Å². The van der Waals surface area contributed by atoms with Crippen LogP contribution in [0.2, 0.25) is 0 Å². The molecule has 0 radical (unpaired) electrons. The van der Waals surface area contributed by atoms with Crippen LogP contribution in [0.25, 0.3) is 0 Å². The highest BCUT2D eigenvalue weighted by Gasteiger charge is 2.06. The lowest BCUT2D eigenvalue weighted by Gasteiger charge is -2.02. The summed E-state index contributed by atoms with van der Waals surface area (Å²) in [5, 5.41) is 4.89. The number of nitrogens with one attached hydrogen (secondary N) is 1. The first kappa shape index (κ1) is 12.3. The molecular formula is C12H13NO2S2. The molecule has 3 nitrogen and oxygen atoms in total. The van der Waals surface area contributed by atoms with Crippen molar-refractivity contribution in [1.82, 2.24) is 5.32 Å². The van der Waals surface area contributed by atoms with E-state index in [0.29, 0.717) is 12.3 Å². The van der Waals surface area contributed by atoms with Gasteiger partial charge in [0.2, 0.25) is 0 Å². The minimum atomic E-state index is -0.147. The molecule has 0 aliphatic heterocycles. The number of hydrogen-bond acceptors (Lipinski definition) is 4. The third kappa shape index (κ3) is 3.94. The smallest absolute Gasteiger partial charge is 0.287 e. The summed E-state index contributed by atoms with van der Waals surface area (Å²) in [6, 6.07) is 7.55. The van der Waals surface area contributed by atoms with Gasteiger partial charge in [0, 0.05) is 22.9 Å². The van der Waals surface area contributed by atoms with Crippen molar-refractivity contribution >= 4 is 29.0 Å². The van der Waals surface area contributed by atoms with Crippen molar-refractivity contribution in [3.8, 4) is 0 Å². The highest BCUT2D eigenvalue weighted by Crippen LogP contribution is 2.16. The number of carbonyl (C=O) groups is 1. The van der Waals surface area contributed by atoms with Gasteiger partial charge in [0.1, 0.15) is 0 Å². The summed E-state index contributed by atoms with van der Waals surface area (Å²) >= 11 is 3.58. The zero-order valence-corrected chi connectivity index (χ0v) is 10.9. The Hall–Kier alpha value is -1.20. The van der Waals surface area contributed by atoms with E-state index in [1.165, 1.54) is 11.1 Å². The van der Waals surface area contributed by atoms with E-state index in [9.17, 15) is 4.79 Å². The second kappa shape index (κ2) is 6.51. The van der Waals surface area contributed by atoms with Gasteiger partial charge in [0.15, 0.2) is 5.76 Å². The van der Waals surface area contributed by atoms with E-state index in [2.05, 4.69) is 22.8 Å². The van der Waals surface area contributed by atoms with E-state index in [1.807, 2.05) is 11.8 Å². The van der Waals surface area contributed by atoms with E-state index in [1.54, 1.807) is 23.5 Å². The van der Waals surface area contributed by atoms with Crippen molar-refractivity contribution in [2.24, 2.45) is 0 Å². The minimum Gasteiger partial charge on any atom is -0.459 e. The molecule has 0 bridgehead atoms. The summed E-state index contributed by atoms with van der Waals surface area (Å²) in [6.07, 6.45) is 1.50. The van der Waals surface area contributed by atoms with Crippen LogP contribution in [-0.2, 0) is 5.75 Å². The molecule has 1 amide bonds. The minimum absolute atomic E-state index is 0.147. The monoisotopic (exact) mass is 267 g/mol. The zero-order chi connectivity index (χ0) is 11.9. The Morgan fingerprint density at radius 2 is 2.35 bits per heavy atom. The van der Waals surface area contributed by atoms with Crippen molar-refractivity contribution in [3.05, 3.63) is 46.5 Å². The number of thiophene rings is 1. The van der Waals surface area contributed by atoms with Crippen LogP contribution < -0.4 is 5.32 Å². The molecule has 5 heteroatoms. The first-order valence-electron chi connectivity index (χ1n) is 5.28. The van der Waals surface area contributed by atoms with Gasteiger partial charge in [-0.3, -0.25) is 4.79 Å². The Balaban J connectivity index is 1.59. The molecule has 0 aliphatic carbocycles. The van der Waals surface area contributed by atoms with E-state index in [4.69, 9.17) is 4.42 Å². The van der Waals surface area contributed by atoms with Crippen LogP contribution in [0.3, 0.4) is 0 Å². The molecule has 2 rings (SSSR count). The number of furan rings is 1. The molecule has 2 heterocycles. The van der Waals surface area contributed by atoms with Gasteiger partial charge in [-0.25, -0.2) is 0 Å². The molecule has 2 aromatic rings. The summed E-state index contributed by atoms with van der Waals surface area (Å²) in [4.78, 5) is 12.9. The normalized spacial score (nSPS) is 10.4. The topological polar surface area (TPSA) is 42.2 Å². The lowest BCUT2D eigenvalue weighted by molar-refractivity contribution is 0.0928. The Kier molecular flexibility index (Phi) is 4.70. The van der Waals surface area contributed by atoms with Gasteiger partial charge >= 0.3 is 0 Å². The lowest BCUT2D eigenvalue weighted by atomic mass is 10.4. The second-order valence-electron chi connectivity index (χ2n) is 3.37. The number of hydrogen-bond donors (Lipinski definition) is 1. The Morgan fingerprint density at radius 1 is 1.41 bits per heavy atom. The van der Waals surface area contributed by atoms with Crippen LogP contribution >= 0.6 is 23.1 Å². The average molecular weight is 267 g/mol. The quantitative estimate of drug-likeness (QED) is 0.818. The fourth-order valence-electron chi connectivity index (χ4n) is 1.30. The standard InChI is InChI=1S/C12H13NO2S2/c14-12(11-4-1-6-15-11)13-5-8-16-9-10-3-2-7-17-10/h1-4,6-7H,5,8-9H2,(H,13,14). The van der Waals surface area contributed by atoms with Gasteiger partial charge < -0.3 is 9.73 Å². The van der Waals surface area contributed by atoms with Gasteiger partial charge in [0.05, 0.1) is 6.26 Å². The predicted molar refractivity (Wildman–Crippen MR) is 71.5 cm³/mol. The first-order chi connectivity index (χ1) is 8.36. The number of carbonyl (C=O) groups excluding carboxylic acids is 1. The molecule has 0 unspecified atom stereocenters.